The molecule has 2 N–H and O–H groups in total. The van der Waals surface area contributed by atoms with Crippen LogP contribution in [0.25, 0.3) is 5.69 Å². The van der Waals surface area contributed by atoms with Gasteiger partial charge in [0.1, 0.15) is 0 Å². The van der Waals surface area contributed by atoms with Crippen molar-refractivity contribution in [3.8, 4) is 5.69 Å². The summed E-state index contributed by atoms with van der Waals surface area (Å²) in [5, 5.41) is 11.7. The number of carbonyl (C=O) groups is 1. The van der Waals surface area contributed by atoms with E-state index in [0.717, 1.165) is 35.6 Å². The number of rotatable bonds is 4. The van der Waals surface area contributed by atoms with Crippen molar-refractivity contribution < 1.29 is 4.79 Å². The van der Waals surface area contributed by atoms with E-state index >= 15 is 0 Å². The highest BCUT2D eigenvalue weighted by molar-refractivity contribution is 6.34. The first-order chi connectivity index (χ1) is 14.7. The Morgan fingerprint density at radius 3 is 2.45 bits per heavy atom. The monoisotopic (exact) mass is 456 g/mol. The number of amides is 2. The largest absolute Gasteiger partial charge is 0.332 e. The lowest BCUT2D eigenvalue weighted by atomic mass is 9.92. The van der Waals surface area contributed by atoms with Gasteiger partial charge in [-0.15, -0.1) is 0 Å². The summed E-state index contributed by atoms with van der Waals surface area (Å²) in [5.41, 5.74) is 5.88. The fourth-order valence-electron chi connectivity index (χ4n) is 3.79. The number of nitrogens with zero attached hydrogens (tertiary/aromatic N) is 2. The number of halogens is 2. The first-order valence-corrected chi connectivity index (χ1v) is 11.2. The molecule has 3 aromatic rings. The van der Waals surface area contributed by atoms with Crippen LogP contribution in [-0.2, 0) is 24.8 Å². The van der Waals surface area contributed by atoms with Crippen molar-refractivity contribution in [3.05, 3.63) is 75.0 Å². The fraction of sp³-hybridized carbons (Fsp3) is 0.333. The molecule has 0 spiro atoms. The van der Waals surface area contributed by atoms with E-state index in [-0.39, 0.29) is 11.4 Å². The summed E-state index contributed by atoms with van der Waals surface area (Å²) in [4.78, 5) is 12.6. The van der Waals surface area contributed by atoms with Gasteiger partial charge in [-0.1, -0.05) is 50.0 Å². The van der Waals surface area contributed by atoms with Gasteiger partial charge in [0.15, 0.2) is 0 Å². The maximum Gasteiger partial charge on any atom is 0.319 e. The number of fused-ring (bicyclic) bond motifs is 1. The summed E-state index contributed by atoms with van der Waals surface area (Å²) in [5.74, 6) is 0. The van der Waals surface area contributed by atoms with E-state index in [4.69, 9.17) is 28.3 Å². The van der Waals surface area contributed by atoms with Crippen LogP contribution in [0.5, 0.6) is 0 Å². The van der Waals surface area contributed by atoms with Crippen molar-refractivity contribution in [2.75, 3.05) is 5.32 Å². The van der Waals surface area contributed by atoms with Crippen LogP contribution >= 0.6 is 23.2 Å². The maximum absolute atomic E-state index is 12.6. The molecular weight excluding hydrogens is 431 g/mol. The molecule has 0 saturated carbocycles. The predicted molar refractivity (Wildman–Crippen MR) is 127 cm³/mol. The number of nitrogens with one attached hydrogen (secondary N) is 2. The average molecular weight is 457 g/mol. The first-order valence-electron chi connectivity index (χ1n) is 10.4. The van der Waals surface area contributed by atoms with Gasteiger partial charge in [0.2, 0.25) is 0 Å². The van der Waals surface area contributed by atoms with Gasteiger partial charge in [-0.25, -0.2) is 9.48 Å². The molecule has 1 aliphatic carbocycles. The highest BCUT2D eigenvalue weighted by Crippen LogP contribution is 2.27. The molecule has 5 nitrogen and oxygen atoms in total. The second-order valence-corrected chi connectivity index (χ2v) is 9.83. The summed E-state index contributed by atoms with van der Waals surface area (Å²) < 4.78 is 1.79. The predicted octanol–water partition coefficient (Wildman–Crippen LogP) is 6.29. The summed E-state index contributed by atoms with van der Waals surface area (Å²) in [6, 6.07) is 13.2. The summed E-state index contributed by atoms with van der Waals surface area (Å²) in [6.45, 7) is 6.61. The molecule has 0 fully saturated rings. The third-order valence-corrected chi connectivity index (χ3v) is 5.87. The number of urea groups is 1. The van der Waals surface area contributed by atoms with Crippen LogP contribution in [0.3, 0.4) is 0 Å². The summed E-state index contributed by atoms with van der Waals surface area (Å²) >= 11 is 12.4. The van der Waals surface area contributed by atoms with Gasteiger partial charge in [-0.3, -0.25) is 0 Å². The molecule has 31 heavy (non-hydrogen) atoms. The quantitative estimate of drug-likeness (QED) is 0.484. The van der Waals surface area contributed by atoms with E-state index in [9.17, 15) is 4.79 Å². The number of benzene rings is 2. The Balaban J connectivity index is 1.53. The lowest BCUT2D eigenvalue weighted by Gasteiger charge is -2.14. The number of aryl methyl sites for hydroxylation is 2. The van der Waals surface area contributed by atoms with E-state index in [1.165, 1.54) is 17.5 Å². The van der Waals surface area contributed by atoms with E-state index < -0.39 is 0 Å². The molecule has 0 saturated heterocycles. The third-order valence-electron chi connectivity index (χ3n) is 5.43. The molecular formula is C24H26Cl2N4O. The third kappa shape index (κ3) is 5.05. The van der Waals surface area contributed by atoms with Crippen LogP contribution in [0.15, 0.2) is 42.5 Å². The molecule has 1 aliphatic rings. The Morgan fingerprint density at radius 1 is 1.03 bits per heavy atom. The Bertz CT molecular complexity index is 1110. The minimum atomic E-state index is -0.257. The number of anilines is 1. The molecule has 0 radical (unpaired) electrons. The lowest BCUT2D eigenvalue weighted by Crippen LogP contribution is -2.29. The van der Waals surface area contributed by atoms with E-state index in [2.05, 4.69) is 43.5 Å². The minimum Gasteiger partial charge on any atom is -0.332 e. The highest BCUT2D eigenvalue weighted by atomic mass is 35.5. The smallest absolute Gasteiger partial charge is 0.319 e. The molecule has 4 rings (SSSR count). The standard InChI is InChI=1S/C24H26Cl2N4O/c1-24(2,3)22-13-21(30(29-22)20-11-17(25)10-18(26)12-20)14-27-23(31)28-19-8-7-15-5-4-6-16(15)9-19/h7-13H,4-6,14H2,1-3H3,(H2,27,28,31). The van der Waals surface area contributed by atoms with Crippen molar-refractivity contribution in [1.29, 1.82) is 0 Å². The van der Waals surface area contributed by atoms with Crippen LogP contribution in [0, 0.1) is 0 Å². The number of aromatic nitrogens is 2. The van der Waals surface area contributed by atoms with Crippen LogP contribution < -0.4 is 10.6 Å². The molecule has 162 valence electrons. The Hall–Kier alpha value is -2.50. The van der Waals surface area contributed by atoms with Crippen LogP contribution in [0.2, 0.25) is 10.0 Å². The topological polar surface area (TPSA) is 59.0 Å². The van der Waals surface area contributed by atoms with Crippen LogP contribution in [0.4, 0.5) is 10.5 Å². The molecule has 0 unspecified atom stereocenters. The Kier molecular flexibility index (Phi) is 6.00. The van der Waals surface area contributed by atoms with Crippen molar-refractivity contribution in [3.63, 3.8) is 0 Å². The average Bonchev–Trinajstić information content (AvgIpc) is 3.32. The second-order valence-electron chi connectivity index (χ2n) is 8.96. The van der Waals surface area contributed by atoms with Crippen molar-refractivity contribution in [1.82, 2.24) is 15.1 Å². The summed E-state index contributed by atoms with van der Waals surface area (Å²) in [6.07, 6.45) is 3.37. The Morgan fingerprint density at radius 2 is 1.74 bits per heavy atom. The number of hydrogen-bond donors (Lipinski definition) is 2. The van der Waals surface area contributed by atoms with Gasteiger partial charge in [0.25, 0.3) is 0 Å². The molecule has 0 bridgehead atoms. The van der Waals surface area contributed by atoms with Crippen molar-refractivity contribution >= 4 is 34.9 Å². The van der Waals surface area contributed by atoms with Gasteiger partial charge < -0.3 is 10.6 Å². The first kappa shape index (κ1) is 21.7. The van der Waals surface area contributed by atoms with Gasteiger partial charge in [-0.2, -0.15) is 5.10 Å². The minimum absolute atomic E-state index is 0.144. The van der Waals surface area contributed by atoms with E-state index in [0.29, 0.717) is 16.6 Å². The number of carbonyl (C=O) groups excluding carboxylic acids is 1. The van der Waals surface area contributed by atoms with Crippen LogP contribution in [0.1, 0.15) is 49.7 Å². The summed E-state index contributed by atoms with van der Waals surface area (Å²) in [7, 11) is 0. The highest BCUT2D eigenvalue weighted by Gasteiger charge is 2.21. The second kappa shape index (κ2) is 8.56. The molecule has 7 heteroatoms. The molecule has 2 aromatic carbocycles. The van der Waals surface area contributed by atoms with Gasteiger partial charge >= 0.3 is 6.03 Å². The zero-order valence-electron chi connectivity index (χ0n) is 17.9. The normalized spacial score (nSPS) is 13.2. The zero-order chi connectivity index (χ0) is 22.2. The van der Waals surface area contributed by atoms with Crippen molar-refractivity contribution in [2.45, 2.75) is 52.0 Å². The fourth-order valence-corrected chi connectivity index (χ4v) is 4.31. The molecule has 1 aromatic heterocycles. The number of hydrogen-bond acceptors (Lipinski definition) is 2. The Labute approximate surface area is 192 Å². The molecule has 1 heterocycles. The van der Waals surface area contributed by atoms with E-state index in [1.54, 1.807) is 22.9 Å². The van der Waals surface area contributed by atoms with Gasteiger partial charge in [0.05, 0.1) is 23.6 Å². The van der Waals surface area contributed by atoms with E-state index in [1.807, 2.05) is 12.1 Å². The molecule has 2 amide bonds. The van der Waals surface area contributed by atoms with Crippen molar-refractivity contribution in [2.24, 2.45) is 0 Å². The van der Waals surface area contributed by atoms with Gasteiger partial charge in [0, 0.05) is 21.1 Å². The molecule has 0 atom stereocenters. The van der Waals surface area contributed by atoms with Crippen LogP contribution in [-0.4, -0.2) is 15.8 Å². The SMILES string of the molecule is CC(C)(C)c1cc(CNC(=O)Nc2ccc3c(c2)CCC3)n(-c2cc(Cl)cc(Cl)c2)n1. The lowest BCUT2D eigenvalue weighted by molar-refractivity contribution is 0.251. The maximum atomic E-state index is 12.6. The van der Waals surface area contributed by atoms with Gasteiger partial charge in [-0.05, 0) is 66.8 Å². The zero-order valence-corrected chi connectivity index (χ0v) is 19.4. The molecule has 0 aliphatic heterocycles.